The van der Waals surface area contributed by atoms with Crippen molar-refractivity contribution in [2.45, 2.75) is 25.4 Å². The van der Waals surface area contributed by atoms with Gasteiger partial charge in [-0.2, -0.15) is 0 Å². The van der Waals surface area contributed by atoms with E-state index in [0.29, 0.717) is 0 Å². The first kappa shape index (κ1) is 8.99. The van der Waals surface area contributed by atoms with Crippen LogP contribution in [0.25, 0.3) is 0 Å². The van der Waals surface area contributed by atoms with Crippen molar-refractivity contribution >= 4 is 11.9 Å². The van der Waals surface area contributed by atoms with E-state index >= 15 is 0 Å². The Morgan fingerprint density at radius 1 is 1.33 bits per heavy atom. The van der Waals surface area contributed by atoms with Gasteiger partial charge in [-0.15, -0.1) is 0 Å². The molecule has 3 atom stereocenters. The van der Waals surface area contributed by atoms with E-state index in [4.69, 9.17) is 10.2 Å². The first-order valence-corrected chi connectivity index (χ1v) is 3.74. The molecule has 1 aliphatic rings. The Balaban J connectivity index is 2.62. The summed E-state index contributed by atoms with van der Waals surface area (Å²) in [5.74, 6) is -2.49. The zero-order chi connectivity index (χ0) is 9.30. The van der Waals surface area contributed by atoms with Gasteiger partial charge in [-0.05, 0) is 13.3 Å². The lowest BCUT2D eigenvalue weighted by molar-refractivity contribution is -0.142. The summed E-state index contributed by atoms with van der Waals surface area (Å²) in [7, 11) is 0. The van der Waals surface area contributed by atoms with Gasteiger partial charge in [0.1, 0.15) is 6.04 Å². The summed E-state index contributed by atoms with van der Waals surface area (Å²) in [6, 6.07) is -0.968. The fourth-order valence-electron chi connectivity index (χ4n) is 1.45. The Bertz CT molecular complexity index is 215. The molecule has 0 unspecified atom stereocenters. The van der Waals surface area contributed by atoms with Crippen molar-refractivity contribution in [3.8, 4) is 0 Å². The third-order valence-corrected chi connectivity index (χ3v) is 2.17. The number of hydrogen-bond donors (Lipinski definition) is 3. The Morgan fingerprint density at radius 2 is 1.92 bits per heavy atom. The third kappa shape index (κ3) is 1.55. The van der Waals surface area contributed by atoms with E-state index in [2.05, 4.69) is 5.32 Å². The molecule has 12 heavy (non-hydrogen) atoms. The van der Waals surface area contributed by atoms with Crippen molar-refractivity contribution in [1.29, 1.82) is 0 Å². The number of carboxylic acid groups (broad SMARTS) is 2. The van der Waals surface area contributed by atoms with Crippen LogP contribution in [0.1, 0.15) is 13.3 Å². The average Bonchev–Trinajstić information content (AvgIpc) is 2.30. The van der Waals surface area contributed by atoms with Gasteiger partial charge in [0.05, 0.1) is 5.92 Å². The molecular weight excluding hydrogens is 162 g/mol. The van der Waals surface area contributed by atoms with Crippen molar-refractivity contribution in [2.75, 3.05) is 0 Å². The molecule has 1 aliphatic heterocycles. The quantitative estimate of drug-likeness (QED) is 0.525. The van der Waals surface area contributed by atoms with Gasteiger partial charge in [-0.25, -0.2) is 0 Å². The van der Waals surface area contributed by atoms with Gasteiger partial charge in [-0.3, -0.25) is 9.59 Å². The second-order valence-corrected chi connectivity index (χ2v) is 3.03. The number of carboxylic acids is 2. The summed E-state index contributed by atoms with van der Waals surface area (Å²) in [6.45, 7) is 1.68. The molecule has 0 bridgehead atoms. The fraction of sp³-hybridized carbons (Fsp3) is 0.714. The van der Waals surface area contributed by atoms with E-state index in [-0.39, 0.29) is 12.5 Å². The van der Waals surface area contributed by atoms with Crippen LogP contribution in [-0.4, -0.2) is 34.2 Å². The summed E-state index contributed by atoms with van der Waals surface area (Å²) < 4.78 is 0. The Morgan fingerprint density at radius 3 is 2.17 bits per heavy atom. The Hall–Kier alpha value is -1.10. The zero-order valence-electron chi connectivity index (χ0n) is 6.65. The minimum absolute atomic E-state index is 0.172. The molecule has 0 amide bonds. The lowest BCUT2D eigenvalue weighted by Gasteiger charge is -2.07. The minimum atomic E-state index is -0.981. The maximum Gasteiger partial charge on any atom is 0.320 e. The summed E-state index contributed by atoms with van der Waals surface area (Å²) >= 11 is 0. The zero-order valence-corrected chi connectivity index (χ0v) is 6.65. The lowest BCUT2D eigenvalue weighted by Crippen LogP contribution is -2.35. The molecule has 0 aromatic carbocycles. The van der Waals surface area contributed by atoms with E-state index in [1.807, 2.05) is 0 Å². The van der Waals surface area contributed by atoms with Gasteiger partial charge < -0.3 is 15.5 Å². The summed E-state index contributed by atoms with van der Waals surface area (Å²) in [5.41, 5.74) is 0. The van der Waals surface area contributed by atoms with E-state index in [1.165, 1.54) is 0 Å². The topological polar surface area (TPSA) is 86.6 Å². The van der Waals surface area contributed by atoms with Crippen LogP contribution in [0.4, 0.5) is 0 Å². The molecule has 0 radical (unpaired) electrons. The second-order valence-electron chi connectivity index (χ2n) is 3.03. The number of hydrogen-bond acceptors (Lipinski definition) is 3. The SMILES string of the molecule is C[C@H]1N[C@@H](C(=O)O)C[C@H]1C(=O)O. The molecule has 0 saturated carbocycles. The number of carbonyl (C=O) groups is 2. The van der Waals surface area contributed by atoms with Crippen molar-refractivity contribution in [2.24, 2.45) is 5.92 Å². The molecule has 0 aliphatic carbocycles. The van der Waals surface area contributed by atoms with Gasteiger partial charge in [0.15, 0.2) is 0 Å². The van der Waals surface area contributed by atoms with Crippen LogP contribution in [-0.2, 0) is 9.59 Å². The van der Waals surface area contributed by atoms with Crippen LogP contribution in [0, 0.1) is 5.92 Å². The normalized spacial score (nSPS) is 34.9. The van der Waals surface area contributed by atoms with E-state index < -0.39 is 23.9 Å². The maximum absolute atomic E-state index is 10.5. The van der Waals surface area contributed by atoms with Gasteiger partial charge >= 0.3 is 11.9 Å². The van der Waals surface area contributed by atoms with Crippen molar-refractivity contribution in [3.05, 3.63) is 0 Å². The Kier molecular flexibility index (Phi) is 2.32. The fourth-order valence-corrected chi connectivity index (χ4v) is 1.45. The first-order valence-electron chi connectivity index (χ1n) is 3.74. The van der Waals surface area contributed by atoms with Crippen LogP contribution in [0.15, 0.2) is 0 Å². The second kappa shape index (κ2) is 3.10. The summed E-state index contributed by atoms with van der Waals surface area (Å²) in [5, 5.41) is 19.9. The molecule has 0 aromatic rings. The van der Waals surface area contributed by atoms with E-state index in [1.54, 1.807) is 6.92 Å². The van der Waals surface area contributed by atoms with Gasteiger partial charge in [0.2, 0.25) is 0 Å². The number of rotatable bonds is 2. The van der Waals surface area contributed by atoms with Gasteiger partial charge in [0, 0.05) is 6.04 Å². The summed E-state index contributed by atoms with van der Waals surface area (Å²) in [4.78, 5) is 21.0. The largest absolute Gasteiger partial charge is 0.481 e. The highest BCUT2D eigenvalue weighted by Crippen LogP contribution is 2.20. The molecule has 68 valence electrons. The average molecular weight is 173 g/mol. The molecule has 1 heterocycles. The van der Waals surface area contributed by atoms with Crippen LogP contribution < -0.4 is 5.32 Å². The van der Waals surface area contributed by atoms with Crippen LogP contribution in [0.5, 0.6) is 0 Å². The highest BCUT2D eigenvalue weighted by molar-refractivity contribution is 5.78. The highest BCUT2D eigenvalue weighted by atomic mass is 16.4. The third-order valence-electron chi connectivity index (χ3n) is 2.17. The molecule has 0 spiro atoms. The first-order chi connectivity index (χ1) is 5.52. The molecule has 0 aromatic heterocycles. The molecule has 1 saturated heterocycles. The molecule has 5 nitrogen and oxygen atoms in total. The molecule has 5 heteroatoms. The lowest BCUT2D eigenvalue weighted by atomic mass is 10.0. The molecule has 1 fully saturated rings. The van der Waals surface area contributed by atoms with Crippen molar-refractivity contribution in [1.82, 2.24) is 5.32 Å². The van der Waals surface area contributed by atoms with E-state index in [0.717, 1.165) is 0 Å². The standard InChI is InChI=1S/C7H11NO4/c1-3-4(6(9)10)2-5(8-3)7(11)12/h3-5,8H,2H2,1H3,(H,9,10)(H,11,12)/t3-,4-,5-/m1/s1. The molecule has 3 N–H and O–H groups in total. The summed E-state index contributed by atoms with van der Waals surface area (Å²) in [6.07, 6.45) is 0.172. The molecule has 1 rings (SSSR count). The number of nitrogens with one attached hydrogen (secondary N) is 1. The van der Waals surface area contributed by atoms with Crippen molar-refractivity contribution < 1.29 is 19.8 Å². The van der Waals surface area contributed by atoms with Gasteiger partial charge in [-0.1, -0.05) is 0 Å². The predicted octanol–water partition coefficient (Wildman–Crippen LogP) is -0.478. The monoisotopic (exact) mass is 173 g/mol. The van der Waals surface area contributed by atoms with E-state index in [9.17, 15) is 9.59 Å². The smallest absolute Gasteiger partial charge is 0.320 e. The van der Waals surface area contributed by atoms with Crippen molar-refractivity contribution in [3.63, 3.8) is 0 Å². The highest BCUT2D eigenvalue weighted by Gasteiger charge is 2.38. The molecular formula is C7H11NO4. The predicted molar refractivity (Wildman–Crippen MR) is 39.8 cm³/mol. The van der Waals surface area contributed by atoms with Crippen LogP contribution in [0.3, 0.4) is 0 Å². The maximum atomic E-state index is 10.5. The van der Waals surface area contributed by atoms with Crippen LogP contribution >= 0.6 is 0 Å². The van der Waals surface area contributed by atoms with Crippen LogP contribution in [0.2, 0.25) is 0 Å². The number of aliphatic carboxylic acids is 2. The Labute approximate surface area is 69.4 Å². The minimum Gasteiger partial charge on any atom is -0.481 e. The van der Waals surface area contributed by atoms with Gasteiger partial charge in [0.25, 0.3) is 0 Å².